The monoisotopic (exact) mass is 232 g/mol. The molecule has 0 fully saturated rings. The van der Waals surface area contributed by atoms with Gasteiger partial charge in [0, 0.05) is 10.5 Å². The lowest BCUT2D eigenvalue weighted by atomic mass is 10.0. The molecule has 1 atom stereocenters. The summed E-state index contributed by atoms with van der Waals surface area (Å²) in [6, 6.07) is 1.98. The fraction of sp³-hybridized carbons (Fsp3) is 0.300. The zero-order chi connectivity index (χ0) is 11.6. The van der Waals surface area contributed by atoms with E-state index in [-0.39, 0.29) is 10.5 Å². The molecular formula is C10H10F2O2S. The summed E-state index contributed by atoms with van der Waals surface area (Å²) in [5.41, 5.74) is -0.119. The van der Waals surface area contributed by atoms with Crippen molar-refractivity contribution in [2.24, 2.45) is 0 Å². The highest BCUT2D eigenvalue weighted by atomic mass is 32.2. The molecular weight excluding hydrogens is 222 g/mol. The Bertz CT molecular complexity index is 393. The predicted molar refractivity (Wildman–Crippen MR) is 54.2 cm³/mol. The summed E-state index contributed by atoms with van der Waals surface area (Å²) in [7, 11) is 0. The zero-order valence-corrected chi connectivity index (χ0v) is 9.07. The molecule has 0 aliphatic carbocycles. The minimum atomic E-state index is -1.17. The number of rotatable bonds is 3. The van der Waals surface area contributed by atoms with Gasteiger partial charge in [-0.25, -0.2) is 8.78 Å². The molecule has 0 radical (unpaired) electrons. The summed E-state index contributed by atoms with van der Waals surface area (Å²) in [5.74, 6) is -3.50. The Labute approximate surface area is 90.3 Å². The molecule has 0 spiro atoms. The van der Waals surface area contributed by atoms with Crippen LogP contribution in [0.25, 0.3) is 0 Å². The number of thioether (sulfide) groups is 1. The van der Waals surface area contributed by atoms with E-state index in [9.17, 15) is 13.6 Å². The molecule has 1 aromatic carbocycles. The molecule has 0 aliphatic heterocycles. The lowest BCUT2D eigenvalue weighted by molar-refractivity contribution is -0.138. The van der Waals surface area contributed by atoms with Crippen LogP contribution < -0.4 is 0 Å². The van der Waals surface area contributed by atoms with Crippen LogP contribution in [0.1, 0.15) is 18.4 Å². The molecule has 0 saturated heterocycles. The third-order valence-electron chi connectivity index (χ3n) is 2.09. The largest absolute Gasteiger partial charge is 0.481 e. The van der Waals surface area contributed by atoms with Crippen LogP contribution in [0.2, 0.25) is 0 Å². The van der Waals surface area contributed by atoms with Gasteiger partial charge in [-0.15, -0.1) is 11.8 Å². The highest BCUT2D eigenvalue weighted by molar-refractivity contribution is 7.98. The maximum Gasteiger partial charge on any atom is 0.310 e. The van der Waals surface area contributed by atoms with Gasteiger partial charge in [0.05, 0.1) is 5.92 Å². The average Bonchev–Trinajstić information content (AvgIpc) is 2.19. The highest BCUT2D eigenvalue weighted by Gasteiger charge is 2.21. The van der Waals surface area contributed by atoms with Gasteiger partial charge in [-0.3, -0.25) is 4.79 Å². The topological polar surface area (TPSA) is 37.3 Å². The number of benzene rings is 1. The normalized spacial score (nSPS) is 12.5. The molecule has 1 rings (SSSR count). The first-order chi connectivity index (χ1) is 6.97. The number of carboxylic acid groups (broad SMARTS) is 1. The van der Waals surface area contributed by atoms with Crippen molar-refractivity contribution in [3.63, 3.8) is 0 Å². The summed E-state index contributed by atoms with van der Waals surface area (Å²) >= 11 is 1.04. The molecule has 0 bridgehead atoms. The smallest absolute Gasteiger partial charge is 0.310 e. The van der Waals surface area contributed by atoms with Gasteiger partial charge in [-0.2, -0.15) is 0 Å². The number of carboxylic acids is 1. The maximum atomic E-state index is 13.6. The third kappa shape index (κ3) is 2.47. The Morgan fingerprint density at radius 1 is 1.47 bits per heavy atom. The van der Waals surface area contributed by atoms with Crippen LogP contribution in [0.5, 0.6) is 0 Å². The molecule has 0 heterocycles. The Morgan fingerprint density at radius 2 is 2.07 bits per heavy atom. The second-order valence-corrected chi connectivity index (χ2v) is 3.92. The van der Waals surface area contributed by atoms with E-state index < -0.39 is 23.5 Å². The van der Waals surface area contributed by atoms with E-state index in [4.69, 9.17) is 5.11 Å². The SMILES string of the molecule is CSc1cc(F)cc(C(C)C(=O)O)c1F. The first-order valence-electron chi connectivity index (χ1n) is 4.23. The van der Waals surface area contributed by atoms with Crippen LogP contribution >= 0.6 is 11.8 Å². The molecule has 15 heavy (non-hydrogen) atoms. The Balaban J connectivity index is 3.28. The van der Waals surface area contributed by atoms with Gasteiger partial charge in [0.15, 0.2) is 0 Å². The van der Waals surface area contributed by atoms with Gasteiger partial charge >= 0.3 is 5.97 Å². The van der Waals surface area contributed by atoms with E-state index in [1.54, 1.807) is 6.26 Å². The van der Waals surface area contributed by atoms with Crippen molar-refractivity contribution < 1.29 is 18.7 Å². The van der Waals surface area contributed by atoms with Gasteiger partial charge in [-0.1, -0.05) is 0 Å². The Hall–Kier alpha value is -1.10. The standard InChI is InChI=1S/C10H10F2O2S/c1-5(10(13)14)7-3-6(11)4-8(15-2)9(7)12/h3-5H,1-2H3,(H,13,14). The van der Waals surface area contributed by atoms with Crippen molar-refractivity contribution in [1.29, 1.82) is 0 Å². The molecule has 0 amide bonds. The number of hydrogen-bond acceptors (Lipinski definition) is 2. The molecule has 2 nitrogen and oxygen atoms in total. The van der Waals surface area contributed by atoms with Crippen molar-refractivity contribution in [3.05, 3.63) is 29.3 Å². The van der Waals surface area contributed by atoms with Crippen molar-refractivity contribution in [1.82, 2.24) is 0 Å². The first-order valence-corrected chi connectivity index (χ1v) is 5.45. The van der Waals surface area contributed by atoms with E-state index in [1.807, 2.05) is 0 Å². The van der Waals surface area contributed by atoms with Gasteiger partial charge < -0.3 is 5.11 Å². The van der Waals surface area contributed by atoms with E-state index in [2.05, 4.69) is 0 Å². The van der Waals surface area contributed by atoms with Gasteiger partial charge in [0.2, 0.25) is 0 Å². The maximum absolute atomic E-state index is 13.6. The lowest BCUT2D eigenvalue weighted by Gasteiger charge is -2.10. The van der Waals surface area contributed by atoms with Gasteiger partial charge in [0.25, 0.3) is 0 Å². The van der Waals surface area contributed by atoms with Crippen LogP contribution in [0.15, 0.2) is 17.0 Å². The number of aliphatic carboxylic acids is 1. The second kappa shape index (κ2) is 4.61. The van der Waals surface area contributed by atoms with Crippen molar-refractivity contribution in [2.45, 2.75) is 17.7 Å². The van der Waals surface area contributed by atoms with Crippen molar-refractivity contribution in [3.8, 4) is 0 Å². The summed E-state index contributed by atoms with van der Waals surface area (Å²) < 4.78 is 26.7. The van der Waals surface area contributed by atoms with E-state index in [0.717, 1.165) is 23.9 Å². The average molecular weight is 232 g/mol. The van der Waals surface area contributed by atoms with Crippen LogP contribution in [0.4, 0.5) is 8.78 Å². The number of carbonyl (C=O) groups is 1. The summed E-state index contributed by atoms with van der Waals surface area (Å²) in [6.07, 6.45) is 1.60. The number of halogens is 2. The van der Waals surface area contributed by atoms with Gasteiger partial charge in [0.1, 0.15) is 11.6 Å². The van der Waals surface area contributed by atoms with Crippen LogP contribution in [0, 0.1) is 11.6 Å². The highest BCUT2D eigenvalue weighted by Crippen LogP contribution is 2.28. The molecule has 0 aliphatic rings. The zero-order valence-electron chi connectivity index (χ0n) is 8.25. The molecule has 5 heteroatoms. The fourth-order valence-corrected chi connectivity index (χ4v) is 1.71. The summed E-state index contributed by atoms with van der Waals surface area (Å²) in [6.45, 7) is 1.32. The van der Waals surface area contributed by atoms with E-state index in [0.29, 0.717) is 0 Å². The summed E-state index contributed by atoms with van der Waals surface area (Å²) in [4.78, 5) is 10.8. The molecule has 0 aromatic heterocycles. The Kier molecular flexibility index (Phi) is 3.68. The minimum Gasteiger partial charge on any atom is -0.481 e. The van der Waals surface area contributed by atoms with Crippen molar-refractivity contribution in [2.75, 3.05) is 6.26 Å². The summed E-state index contributed by atoms with van der Waals surface area (Å²) in [5, 5.41) is 8.72. The quantitative estimate of drug-likeness (QED) is 0.814. The van der Waals surface area contributed by atoms with Crippen LogP contribution in [-0.2, 0) is 4.79 Å². The fourth-order valence-electron chi connectivity index (χ4n) is 1.18. The first kappa shape index (κ1) is 12.0. The molecule has 1 unspecified atom stereocenters. The predicted octanol–water partition coefficient (Wildman–Crippen LogP) is 2.87. The second-order valence-electron chi connectivity index (χ2n) is 3.07. The van der Waals surface area contributed by atoms with Crippen molar-refractivity contribution >= 4 is 17.7 Å². The lowest BCUT2D eigenvalue weighted by Crippen LogP contribution is -2.10. The molecule has 1 N–H and O–H groups in total. The van der Waals surface area contributed by atoms with E-state index >= 15 is 0 Å². The van der Waals surface area contributed by atoms with Gasteiger partial charge in [-0.05, 0) is 25.3 Å². The minimum absolute atomic E-state index is 0.119. The molecule has 0 saturated carbocycles. The van der Waals surface area contributed by atoms with E-state index in [1.165, 1.54) is 6.92 Å². The van der Waals surface area contributed by atoms with Crippen LogP contribution in [-0.4, -0.2) is 17.3 Å². The third-order valence-corrected chi connectivity index (χ3v) is 2.83. The molecule has 82 valence electrons. The van der Waals surface area contributed by atoms with Crippen LogP contribution in [0.3, 0.4) is 0 Å². The Morgan fingerprint density at radius 3 is 2.53 bits per heavy atom. The molecule has 1 aromatic rings. The number of hydrogen-bond donors (Lipinski definition) is 1.